The minimum Gasteiger partial charge on any atom is -0.380 e. The molecule has 0 aromatic heterocycles. The molecule has 2 unspecified atom stereocenters. The molecule has 88 valence electrons. The second kappa shape index (κ2) is 5.83. The molecule has 0 aromatic rings. The van der Waals surface area contributed by atoms with Gasteiger partial charge in [-0.1, -0.05) is 6.92 Å². The molecule has 2 heterocycles. The molecule has 0 radical (unpaired) electrons. The summed E-state index contributed by atoms with van der Waals surface area (Å²) in [6, 6.07) is 1.36. The third-order valence-electron chi connectivity index (χ3n) is 3.70. The Labute approximate surface area is 93.2 Å². The summed E-state index contributed by atoms with van der Waals surface area (Å²) in [6.45, 7) is 7.91. The van der Waals surface area contributed by atoms with Gasteiger partial charge in [0.15, 0.2) is 0 Å². The molecule has 3 heteroatoms. The normalized spacial score (nSPS) is 29.8. The first-order valence-electron chi connectivity index (χ1n) is 6.45. The average molecular weight is 212 g/mol. The van der Waals surface area contributed by atoms with Crippen molar-refractivity contribution in [2.24, 2.45) is 0 Å². The highest BCUT2D eigenvalue weighted by atomic mass is 16.5. The fraction of sp³-hybridized carbons (Fsp3) is 1.00. The minimum absolute atomic E-state index is 0.613. The SMILES string of the molecule is CCC(CNC1CCOC1)N1CCCC1. The summed E-state index contributed by atoms with van der Waals surface area (Å²) in [5, 5.41) is 3.64. The fourth-order valence-electron chi connectivity index (χ4n) is 2.64. The number of hydrogen-bond acceptors (Lipinski definition) is 3. The molecule has 0 bridgehead atoms. The summed E-state index contributed by atoms with van der Waals surface area (Å²) in [6.07, 6.45) is 5.24. The topological polar surface area (TPSA) is 24.5 Å². The maximum Gasteiger partial charge on any atom is 0.0620 e. The number of nitrogens with one attached hydrogen (secondary N) is 1. The minimum atomic E-state index is 0.613. The first-order chi connectivity index (χ1) is 7.40. The molecule has 3 nitrogen and oxygen atoms in total. The summed E-state index contributed by atoms with van der Waals surface area (Å²) >= 11 is 0. The molecule has 2 rings (SSSR count). The van der Waals surface area contributed by atoms with Crippen LogP contribution in [0.15, 0.2) is 0 Å². The number of nitrogens with zero attached hydrogens (tertiary/aromatic N) is 1. The Hall–Kier alpha value is -0.120. The van der Waals surface area contributed by atoms with E-state index in [0.29, 0.717) is 6.04 Å². The van der Waals surface area contributed by atoms with E-state index in [0.717, 1.165) is 25.8 Å². The Kier molecular flexibility index (Phi) is 4.42. The van der Waals surface area contributed by atoms with E-state index in [1.54, 1.807) is 0 Å². The summed E-state index contributed by atoms with van der Waals surface area (Å²) in [5.41, 5.74) is 0. The van der Waals surface area contributed by atoms with Gasteiger partial charge in [0.25, 0.3) is 0 Å². The Balaban J connectivity index is 1.69. The van der Waals surface area contributed by atoms with Gasteiger partial charge in [0.1, 0.15) is 0 Å². The number of rotatable bonds is 5. The Morgan fingerprint density at radius 2 is 2.20 bits per heavy atom. The lowest BCUT2D eigenvalue weighted by Crippen LogP contribution is -2.43. The van der Waals surface area contributed by atoms with Crippen LogP contribution in [-0.4, -0.2) is 49.8 Å². The molecular formula is C12H24N2O. The van der Waals surface area contributed by atoms with Crippen molar-refractivity contribution in [1.82, 2.24) is 10.2 Å². The van der Waals surface area contributed by atoms with Gasteiger partial charge in [-0.25, -0.2) is 0 Å². The van der Waals surface area contributed by atoms with Gasteiger partial charge < -0.3 is 10.1 Å². The number of likely N-dealkylation sites (tertiary alicyclic amines) is 1. The van der Waals surface area contributed by atoms with Crippen LogP contribution in [0.2, 0.25) is 0 Å². The third kappa shape index (κ3) is 3.16. The van der Waals surface area contributed by atoms with Gasteiger partial charge in [-0.05, 0) is 38.8 Å². The predicted octanol–water partition coefficient (Wildman–Crippen LogP) is 1.24. The predicted molar refractivity (Wildman–Crippen MR) is 62.1 cm³/mol. The van der Waals surface area contributed by atoms with Crippen molar-refractivity contribution in [3.8, 4) is 0 Å². The maximum absolute atomic E-state index is 5.37. The molecule has 0 saturated carbocycles. The Morgan fingerprint density at radius 3 is 2.80 bits per heavy atom. The smallest absolute Gasteiger partial charge is 0.0620 e. The van der Waals surface area contributed by atoms with Gasteiger partial charge in [0.2, 0.25) is 0 Å². The van der Waals surface area contributed by atoms with Crippen LogP contribution in [0.4, 0.5) is 0 Å². The van der Waals surface area contributed by atoms with Crippen molar-refractivity contribution >= 4 is 0 Å². The van der Waals surface area contributed by atoms with E-state index in [1.165, 1.54) is 38.8 Å². The Morgan fingerprint density at radius 1 is 1.40 bits per heavy atom. The van der Waals surface area contributed by atoms with E-state index in [2.05, 4.69) is 17.1 Å². The first kappa shape index (κ1) is 11.4. The van der Waals surface area contributed by atoms with Gasteiger partial charge in [0, 0.05) is 25.2 Å². The number of ether oxygens (including phenoxy) is 1. The van der Waals surface area contributed by atoms with Gasteiger partial charge >= 0.3 is 0 Å². The lowest BCUT2D eigenvalue weighted by atomic mass is 10.1. The molecule has 15 heavy (non-hydrogen) atoms. The van der Waals surface area contributed by atoms with Crippen molar-refractivity contribution in [3.63, 3.8) is 0 Å². The Bertz CT molecular complexity index is 174. The van der Waals surface area contributed by atoms with Crippen molar-refractivity contribution in [2.75, 3.05) is 32.8 Å². The quantitative estimate of drug-likeness (QED) is 0.742. The van der Waals surface area contributed by atoms with Crippen LogP contribution in [0.25, 0.3) is 0 Å². The van der Waals surface area contributed by atoms with Crippen molar-refractivity contribution in [2.45, 2.75) is 44.7 Å². The van der Waals surface area contributed by atoms with Gasteiger partial charge in [-0.3, -0.25) is 4.90 Å². The summed E-state index contributed by atoms with van der Waals surface area (Å²) in [5.74, 6) is 0. The van der Waals surface area contributed by atoms with Gasteiger partial charge in [-0.2, -0.15) is 0 Å². The van der Waals surface area contributed by atoms with E-state index >= 15 is 0 Å². The zero-order valence-electron chi connectivity index (χ0n) is 9.87. The monoisotopic (exact) mass is 212 g/mol. The zero-order chi connectivity index (χ0) is 10.5. The second-order valence-electron chi connectivity index (χ2n) is 4.77. The molecule has 2 aliphatic heterocycles. The molecule has 0 aromatic carbocycles. The highest BCUT2D eigenvalue weighted by Crippen LogP contribution is 2.14. The first-order valence-corrected chi connectivity index (χ1v) is 6.45. The number of hydrogen-bond donors (Lipinski definition) is 1. The molecular weight excluding hydrogens is 188 g/mol. The van der Waals surface area contributed by atoms with Crippen molar-refractivity contribution in [1.29, 1.82) is 0 Å². The van der Waals surface area contributed by atoms with Crippen LogP contribution in [0.5, 0.6) is 0 Å². The molecule has 0 aliphatic carbocycles. The van der Waals surface area contributed by atoms with Crippen LogP contribution in [0.1, 0.15) is 32.6 Å². The standard InChI is InChI=1S/C12H24N2O/c1-2-12(14-6-3-4-7-14)9-13-11-5-8-15-10-11/h11-13H,2-10H2,1H3. The zero-order valence-corrected chi connectivity index (χ0v) is 9.87. The molecule has 2 saturated heterocycles. The van der Waals surface area contributed by atoms with E-state index in [4.69, 9.17) is 4.74 Å². The lowest BCUT2D eigenvalue weighted by Gasteiger charge is -2.27. The molecule has 0 spiro atoms. The van der Waals surface area contributed by atoms with Gasteiger partial charge in [0.05, 0.1) is 6.61 Å². The van der Waals surface area contributed by atoms with E-state index in [1.807, 2.05) is 0 Å². The fourth-order valence-corrected chi connectivity index (χ4v) is 2.64. The van der Waals surface area contributed by atoms with Crippen molar-refractivity contribution in [3.05, 3.63) is 0 Å². The molecule has 2 fully saturated rings. The van der Waals surface area contributed by atoms with E-state index in [9.17, 15) is 0 Å². The molecule has 1 N–H and O–H groups in total. The molecule has 2 atom stereocenters. The van der Waals surface area contributed by atoms with Crippen LogP contribution in [-0.2, 0) is 4.74 Å². The van der Waals surface area contributed by atoms with Crippen LogP contribution >= 0.6 is 0 Å². The van der Waals surface area contributed by atoms with Crippen molar-refractivity contribution < 1.29 is 4.74 Å². The molecule has 2 aliphatic rings. The average Bonchev–Trinajstić information content (AvgIpc) is 2.90. The molecule has 0 amide bonds. The summed E-state index contributed by atoms with van der Waals surface area (Å²) in [4.78, 5) is 2.64. The maximum atomic E-state index is 5.37. The third-order valence-corrected chi connectivity index (χ3v) is 3.70. The summed E-state index contributed by atoms with van der Waals surface area (Å²) < 4.78 is 5.37. The highest BCUT2D eigenvalue weighted by Gasteiger charge is 2.22. The van der Waals surface area contributed by atoms with E-state index < -0.39 is 0 Å². The summed E-state index contributed by atoms with van der Waals surface area (Å²) in [7, 11) is 0. The lowest BCUT2D eigenvalue weighted by molar-refractivity contribution is 0.184. The largest absolute Gasteiger partial charge is 0.380 e. The van der Waals surface area contributed by atoms with Gasteiger partial charge in [-0.15, -0.1) is 0 Å². The highest BCUT2D eigenvalue weighted by molar-refractivity contribution is 4.80. The van der Waals surface area contributed by atoms with Crippen LogP contribution in [0.3, 0.4) is 0 Å². The second-order valence-corrected chi connectivity index (χ2v) is 4.77. The van der Waals surface area contributed by atoms with Crippen LogP contribution in [0, 0.1) is 0 Å². The van der Waals surface area contributed by atoms with E-state index in [-0.39, 0.29) is 0 Å². The van der Waals surface area contributed by atoms with Crippen LogP contribution < -0.4 is 5.32 Å².